The molecule has 2 rings (SSSR count). The Hall–Kier alpha value is -2.13. The Morgan fingerprint density at radius 3 is 2.30 bits per heavy atom. The molecule has 0 aromatic heterocycles. The highest BCUT2D eigenvalue weighted by atomic mass is 16.3. The van der Waals surface area contributed by atoms with E-state index in [-0.39, 0.29) is 12.5 Å². The fourth-order valence-corrected chi connectivity index (χ4v) is 2.50. The second kappa shape index (κ2) is 5.88. The molecular weight excluding hydrogens is 250 g/mol. The van der Waals surface area contributed by atoms with Gasteiger partial charge in [-0.15, -0.1) is 0 Å². The molecule has 0 unspecified atom stereocenters. The largest absolute Gasteiger partial charge is 0.392 e. The molecule has 0 saturated heterocycles. The summed E-state index contributed by atoms with van der Waals surface area (Å²) in [5, 5.41) is 12.2. The first-order valence-corrected chi connectivity index (χ1v) is 6.61. The van der Waals surface area contributed by atoms with Gasteiger partial charge in [0.1, 0.15) is 0 Å². The Bertz CT molecular complexity index is 624. The maximum atomic E-state index is 12.4. The van der Waals surface area contributed by atoms with Crippen LogP contribution in [0.1, 0.15) is 32.6 Å². The van der Waals surface area contributed by atoms with Gasteiger partial charge in [-0.3, -0.25) is 4.79 Å². The number of aliphatic hydroxyl groups is 1. The fraction of sp³-hybridized carbons (Fsp3) is 0.235. The van der Waals surface area contributed by atoms with Crippen molar-refractivity contribution in [2.75, 3.05) is 5.32 Å². The summed E-state index contributed by atoms with van der Waals surface area (Å²) < 4.78 is 0. The molecule has 0 saturated carbocycles. The van der Waals surface area contributed by atoms with E-state index in [2.05, 4.69) is 5.32 Å². The lowest BCUT2D eigenvalue weighted by Gasteiger charge is -2.13. The smallest absolute Gasteiger partial charge is 0.256 e. The lowest BCUT2D eigenvalue weighted by molar-refractivity contribution is 0.102. The van der Waals surface area contributed by atoms with E-state index < -0.39 is 0 Å². The van der Waals surface area contributed by atoms with Gasteiger partial charge in [0.15, 0.2) is 0 Å². The molecule has 0 fully saturated rings. The van der Waals surface area contributed by atoms with Gasteiger partial charge in [-0.05, 0) is 38.0 Å². The van der Waals surface area contributed by atoms with E-state index >= 15 is 0 Å². The zero-order valence-electron chi connectivity index (χ0n) is 12.0. The predicted molar refractivity (Wildman–Crippen MR) is 81.0 cm³/mol. The van der Waals surface area contributed by atoms with Crippen molar-refractivity contribution >= 4 is 11.6 Å². The summed E-state index contributed by atoms with van der Waals surface area (Å²) in [5.74, 6) is -0.138. The molecule has 0 radical (unpaired) electrons. The third kappa shape index (κ3) is 2.89. The molecule has 0 aliphatic rings. The molecule has 2 aromatic rings. The van der Waals surface area contributed by atoms with Gasteiger partial charge in [0.2, 0.25) is 0 Å². The van der Waals surface area contributed by atoms with Crippen molar-refractivity contribution < 1.29 is 9.90 Å². The number of amides is 1. The monoisotopic (exact) mass is 269 g/mol. The van der Waals surface area contributed by atoms with Crippen LogP contribution in [0.2, 0.25) is 0 Å². The minimum absolute atomic E-state index is 0.0949. The molecule has 0 heterocycles. The lowest BCUT2D eigenvalue weighted by atomic mass is 9.99. The van der Waals surface area contributed by atoms with E-state index in [9.17, 15) is 9.90 Å². The molecular formula is C17H19NO2. The molecule has 104 valence electrons. The second-order valence-corrected chi connectivity index (χ2v) is 5.04. The van der Waals surface area contributed by atoms with Gasteiger partial charge >= 0.3 is 0 Å². The Morgan fingerprint density at radius 1 is 1.10 bits per heavy atom. The third-order valence-electron chi connectivity index (χ3n) is 3.34. The summed E-state index contributed by atoms with van der Waals surface area (Å²) in [6.07, 6.45) is 0. The number of carbonyl (C=O) groups is 1. The van der Waals surface area contributed by atoms with Crippen LogP contribution in [0.25, 0.3) is 0 Å². The van der Waals surface area contributed by atoms with E-state index in [4.69, 9.17) is 0 Å². The zero-order chi connectivity index (χ0) is 14.7. The minimum atomic E-state index is -0.138. The number of rotatable bonds is 3. The molecule has 3 nitrogen and oxygen atoms in total. The van der Waals surface area contributed by atoms with Crippen LogP contribution in [0.3, 0.4) is 0 Å². The molecule has 0 aliphatic carbocycles. The van der Waals surface area contributed by atoms with E-state index in [0.717, 1.165) is 16.7 Å². The van der Waals surface area contributed by atoms with E-state index in [1.807, 2.05) is 45.0 Å². The Kier molecular flexibility index (Phi) is 4.20. The molecule has 3 heteroatoms. The number of hydrogen-bond donors (Lipinski definition) is 2. The Labute approximate surface area is 119 Å². The number of hydrogen-bond acceptors (Lipinski definition) is 2. The first-order chi connectivity index (χ1) is 9.52. The van der Waals surface area contributed by atoms with E-state index in [0.29, 0.717) is 16.8 Å². The van der Waals surface area contributed by atoms with Crippen LogP contribution >= 0.6 is 0 Å². The molecule has 0 spiro atoms. The van der Waals surface area contributed by atoms with Gasteiger partial charge in [-0.2, -0.15) is 0 Å². The molecule has 20 heavy (non-hydrogen) atoms. The molecule has 0 aliphatic heterocycles. The zero-order valence-corrected chi connectivity index (χ0v) is 12.0. The maximum Gasteiger partial charge on any atom is 0.256 e. The van der Waals surface area contributed by atoms with Crippen LogP contribution in [-0.2, 0) is 6.61 Å². The molecule has 1 amide bonds. The van der Waals surface area contributed by atoms with Gasteiger partial charge < -0.3 is 10.4 Å². The average Bonchev–Trinajstić information content (AvgIpc) is 2.38. The summed E-state index contributed by atoms with van der Waals surface area (Å²) in [5.41, 5.74) is 5.13. The summed E-state index contributed by atoms with van der Waals surface area (Å²) in [7, 11) is 0. The summed E-state index contributed by atoms with van der Waals surface area (Å²) in [6, 6.07) is 11.3. The summed E-state index contributed by atoms with van der Waals surface area (Å²) in [6.45, 7) is 5.80. The summed E-state index contributed by atoms with van der Waals surface area (Å²) in [4.78, 5) is 12.4. The number of aliphatic hydroxyl groups excluding tert-OH is 1. The first-order valence-electron chi connectivity index (χ1n) is 6.61. The standard InChI is InChI=1S/C17H19NO2/c1-11-8-12(2)16(13(3)9-11)17(20)18-15-7-5-4-6-14(15)10-19/h4-9,19H,10H2,1-3H3,(H,18,20). The Morgan fingerprint density at radius 2 is 1.70 bits per heavy atom. The average molecular weight is 269 g/mol. The van der Waals surface area contributed by atoms with E-state index in [1.165, 1.54) is 0 Å². The molecule has 2 aromatic carbocycles. The fourth-order valence-electron chi connectivity index (χ4n) is 2.50. The van der Waals surface area contributed by atoms with Crippen molar-refractivity contribution in [2.24, 2.45) is 0 Å². The molecule has 0 bridgehead atoms. The van der Waals surface area contributed by atoms with Crippen molar-refractivity contribution in [1.82, 2.24) is 0 Å². The number of aryl methyl sites for hydroxylation is 3. The van der Waals surface area contributed by atoms with Crippen LogP contribution in [0, 0.1) is 20.8 Å². The first kappa shape index (κ1) is 14.3. The van der Waals surface area contributed by atoms with Crippen molar-refractivity contribution in [1.29, 1.82) is 0 Å². The highest BCUT2D eigenvalue weighted by Gasteiger charge is 2.14. The van der Waals surface area contributed by atoms with Crippen LogP contribution in [0.5, 0.6) is 0 Å². The lowest BCUT2D eigenvalue weighted by Crippen LogP contribution is -2.16. The van der Waals surface area contributed by atoms with E-state index in [1.54, 1.807) is 12.1 Å². The third-order valence-corrected chi connectivity index (χ3v) is 3.34. The normalized spacial score (nSPS) is 10.4. The van der Waals surface area contributed by atoms with Crippen molar-refractivity contribution in [3.63, 3.8) is 0 Å². The van der Waals surface area contributed by atoms with Gasteiger partial charge in [0.05, 0.1) is 6.61 Å². The van der Waals surface area contributed by atoms with Gasteiger partial charge in [0.25, 0.3) is 5.91 Å². The number of carbonyl (C=O) groups excluding carboxylic acids is 1. The quantitative estimate of drug-likeness (QED) is 0.897. The van der Waals surface area contributed by atoms with Gasteiger partial charge in [-0.25, -0.2) is 0 Å². The van der Waals surface area contributed by atoms with Crippen LogP contribution in [0.15, 0.2) is 36.4 Å². The SMILES string of the molecule is Cc1cc(C)c(C(=O)Nc2ccccc2CO)c(C)c1. The van der Waals surface area contributed by atoms with Crippen LogP contribution in [0.4, 0.5) is 5.69 Å². The van der Waals surface area contributed by atoms with Gasteiger partial charge in [0, 0.05) is 16.8 Å². The number of anilines is 1. The molecule has 0 atom stereocenters. The van der Waals surface area contributed by atoms with Gasteiger partial charge in [-0.1, -0.05) is 35.9 Å². The van der Waals surface area contributed by atoms with Crippen LogP contribution in [-0.4, -0.2) is 11.0 Å². The highest BCUT2D eigenvalue weighted by Crippen LogP contribution is 2.20. The topological polar surface area (TPSA) is 49.3 Å². The maximum absolute atomic E-state index is 12.4. The number of benzene rings is 2. The second-order valence-electron chi connectivity index (χ2n) is 5.04. The highest BCUT2D eigenvalue weighted by molar-refractivity contribution is 6.06. The molecule has 2 N–H and O–H groups in total. The predicted octanol–water partition coefficient (Wildman–Crippen LogP) is 3.36. The van der Waals surface area contributed by atoms with Crippen molar-refractivity contribution in [3.05, 3.63) is 64.2 Å². The van der Waals surface area contributed by atoms with Crippen LogP contribution < -0.4 is 5.32 Å². The summed E-state index contributed by atoms with van der Waals surface area (Å²) >= 11 is 0. The Balaban J connectivity index is 2.34. The van der Waals surface area contributed by atoms with Crippen molar-refractivity contribution in [3.8, 4) is 0 Å². The number of nitrogens with one attached hydrogen (secondary N) is 1. The van der Waals surface area contributed by atoms with Crippen molar-refractivity contribution in [2.45, 2.75) is 27.4 Å². The minimum Gasteiger partial charge on any atom is -0.392 e. The number of para-hydroxylation sites is 1.